The second-order valence-corrected chi connectivity index (χ2v) is 8.71. The van der Waals surface area contributed by atoms with Crippen LogP contribution in [0.25, 0.3) is 11.1 Å². The Hall–Kier alpha value is -4.13. The maximum absolute atomic E-state index is 13.0. The van der Waals surface area contributed by atoms with Gasteiger partial charge in [-0.05, 0) is 46.4 Å². The number of fused-ring (bicyclic) bond motifs is 3. The number of carbonyl (C=O) groups is 3. The van der Waals surface area contributed by atoms with Crippen LogP contribution in [0.3, 0.4) is 0 Å². The fourth-order valence-electron chi connectivity index (χ4n) is 4.42. The molecule has 180 valence electrons. The summed E-state index contributed by atoms with van der Waals surface area (Å²) in [5.41, 5.74) is 4.90. The zero-order chi connectivity index (χ0) is 24.9. The monoisotopic (exact) mass is 472 g/mol. The van der Waals surface area contributed by atoms with E-state index in [1.807, 2.05) is 50.2 Å². The van der Waals surface area contributed by atoms with E-state index in [0.717, 1.165) is 22.3 Å². The second-order valence-electron chi connectivity index (χ2n) is 8.71. The van der Waals surface area contributed by atoms with E-state index in [4.69, 9.17) is 4.74 Å². The third-order valence-electron chi connectivity index (χ3n) is 6.49. The summed E-state index contributed by atoms with van der Waals surface area (Å²) < 4.78 is 5.61. The summed E-state index contributed by atoms with van der Waals surface area (Å²) in [5.74, 6) is -1.77. The Kier molecular flexibility index (Phi) is 7.15. The summed E-state index contributed by atoms with van der Waals surface area (Å²) in [7, 11) is 0. The number of nitrogens with one attached hydrogen (secondary N) is 2. The van der Waals surface area contributed by atoms with Crippen molar-refractivity contribution in [2.75, 3.05) is 11.9 Å². The van der Waals surface area contributed by atoms with E-state index < -0.39 is 24.0 Å². The topological polar surface area (TPSA) is 105 Å². The van der Waals surface area contributed by atoms with Crippen LogP contribution in [-0.4, -0.2) is 35.7 Å². The fraction of sp³-hybridized carbons (Fsp3) is 0.250. The van der Waals surface area contributed by atoms with Crippen molar-refractivity contribution in [2.45, 2.75) is 32.2 Å². The average Bonchev–Trinajstić information content (AvgIpc) is 3.19. The second kappa shape index (κ2) is 10.4. The van der Waals surface area contributed by atoms with Crippen LogP contribution in [-0.2, 0) is 9.53 Å². The number of hydrogen-bond donors (Lipinski definition) is 3. The van der Waals surface area contributed by atoms with Gasteiger partial charge in [-0.25, -0.2) is 9.59 Å². The molecule has 0 radical (unpaired) electrons. The van der Waals surface area contributed by atoms with Gasteiger partial charge >= 0.3 is 12.1 Å². The van der Waals surface area contributed by atoms with Crippen LogP contribution >= 0.6 is 0 Å². The van der Waals surface area contributed by atoms with E-state index in [0.29, 0.717) is 12.1 Å². The molecule has 0 saturated carbocycles. The number of alkyl carbamates (subject to hydrolysis) is 1. The van der Waals surface area contributed by atoms with E-state index in [1.54, 1.807) is 12.1 Å². The van der Waals surface area contributed by atoms with Crippen molar-refractivity contribution >= 4 is 23.7 Å². The van der Waals surface area contributed by atoms with Crippen molar-refractivity contribution in [3.05, 3.63) is 89.5 Å². The molecule has 0 aromatic heterocycles. The highest BCUT2D eigenvalue weighted by Gasteiger charge is 2.31. The molecule has 0 spiro atoms. The summed E-state index contributed by atoms with van der Waals surface area (Å²) in [6.07, 6.45) is -0.0247. The van der Waals surface area contributed by atoms with Gasteiger partial charge < -0.3 is 20.5 Å². The molecule has 4 rings (SSSR count). The van der Waals surface area contributed by atoms with Gasteiger partial charge in [-0.3, -0.25) is 4.79 Å². The highest BCUT2D eigenvalue weighted by molar-refractivity contribution is 5.98. The van der Waals surface area contributed by atoms with E-state index in [9.17, 15) is 19.5 Å². The number of amides is 2. The van der Waals surface area contributed by atoms with Crippen molar-refractivity contribution in [1.29, 1.82) is 0 Å². The molecule has 0 bridgehead atoms. The lowest BCUT2D eigenvalue weighted by Crippen LogP contribution is -2.48. The van der Waals surface area contributed by atoms with Crippen LogP contribution < -0.4 is 10.6 Å². The molecule has 3 aromatic carbocycles. The minimum Gasteiger partial charge on any atom is -0.478 e. The number of anilines is 1. The maximum atomic E-state index is 13.0. The zero-order valence-electron chi connectivity index (χ0n) is 19.7. The molecule has 3 aromatic rings. The van der Waals surface area contributed by atoms with Crippen molar-refractivity contribution in [3.8, 4) is 11.1 Å². The van der Waals surface area contributed by atoms with Gasteiger partial charge in [0.1, 0.15) is 12.6 Å². The molecule has 0 heterocycles. The van der Waals surface area contributed by atoms with Gasteiger partial charge in [0.15, 0.2) is 0 Å². The zero-order valence-corrected chi connectivity index (χ0v) is 19.7. The molecule has 35 heavy (non-hydrogen) atoms. The number of carboxylic acid groups (broad SMARTS) is 1. The van der Waals surface area contributed by atoms with Crippen LogP contribution in [0.15, 0.2) is 72.8 Å². The Balaban J connectivity index is 1.44. The molecule has 7 nitrogen and oxygen atoms in total. The molecule has 3 N–H and O–H groups in total. The van der Waals surface area contributed by atoms with E-state index in [1.165, 1.54) is 12.1 Å². The highest BCUT2D eigenvalue weighted by atomic mass is 16.5. The number of benzene rings is 3. The Morgan fingerprint density at radius 2 is 1.57 bits per heavy atom. The summed E-state index contributed by atoms with van der Waals surface area (Å²) >= 11 is 0. The minimum atomic E-state index is -1.09. The van der Waals surface area contributed by atoms with Gasteiger partial charge in [-0.15, -0.1) is 0 Å². The standard InChI is InChI=1S/C28H28N2O5/c1-3-17(2)25(26(31)29-19-10-8-9-18(15-19)27(32)33)30-28(34)35-16-24-22-13-6-4-11-20(22)21-12-5-7-14-23(21)24/h4-15,17,24-25H,3,16H2,1-2H3,(H,29,31)(H,30,34)(H,32,33)/t17?,25-/m0/s1. The summed E-state index contributed by atoms with van der Waals surface area (Å²) in [6, 6.07) is 21.3. The first-order valence-electron chi connectivity index (χ1n) is 11.6. The lowest BCUT2D eigenvalue weighted by molar-refractivity contribution is -0.119. The predicted octanol–water partition coefficient (Wildman–Crippen LogP) is 5.28. The van der Waals surface area contributed by atoms with Gasteiger partial charge in [-0.1, -0.05) is 74.9 Å². The Bertz CT molecular complexity index is 1210. The number of carboxylic acids is 1. The molecule has 0 aliphatic heterocycles. The van der Waals surface area contributed by atoms with Crippen molar-refractivity contribution < 1.29 is 24.2 Å². The highest BCUT2D eigenvalue weighted by Crippen LogP contribution is 2.44. The molecule has 1 unspecified atom stereocenters. The van der Waals surface area contributed by atoms with Gasteiger partial charge in [0, 0.05) is 11.6 Å². The average molecular weight is 473 g/mol. The number of ether oxygens (including phenoxy) is 1. The Morgan fingerprint density at radius 1 is 0.943 bits per heavy atom. The molecular weight excluding hydrogens is 444 g/mol. The first-order valence-corrected chi connectivity index (χ1v) is 11.6. The van der Waals surface area contributed by atoms with Gasteiger partial charge in [-0.2, -0.15) is 0 Å². The van der Waals surface area contributed by atoms with E-state index >= 15 is 0 Å². The fourth-order valence-corrected chi connectivity index (χ4v) is 4.42. The summed E-state index contributed by atoms with van der Waals surface area (Å²) in [6.45, 7) is 3.94. The molecule has 0 saturated heterocycles. The SMILES string of the molecule is CCC(C)[C@H](NC(=O)OCC1c2ccccc2-c2ccccc21)C(=O)Nc1cccc(C(=O)O)c1. The first-order chi connectivity index (χ1) is 16.9. The number of hydrogen-bond acceptors (Lipinski definition) is 4. The number of carbonyl (C=O) groups excluding carboxylic acids is 2. The molecule has 2 amide bonds. The normalized spacial score (nSPS) is 13.8. The maximum Gasteiger partial charge on any atom is 0.407 e. The van der Waals surface area contributed by atoms with E-state index in [-0.39, 0.29) is 24.0 Å². The number of aromatic carboxylic acids is 1. The minimum absolute atomic E-state index is 0.0624. The summed E-state index contributed by atoms with van der Waals surface area (Å²) in [5, 5.41) is 14.6. The lowest BCUT2D eigenvalue weighted by atomic mass is 9.98. The van der Waals surface area contributed by atoms with Gasteiger partial charge in [0.05, 0.1) is 5.56 Å². The molecule has 0 fully saturated rings. The van der Waals surface area contributed by atoms with Crippen LogP contribution in [0, 0.1) is 5.92 Å². The van der Waals surface area contributed by atoms with Crippen LogP contribution in [0.5, 0.6) is 0 Å². The van der Waals surface area contributed by atoms with Crippen LogP contribution in [0.1, 0.15) is 47.7 Å². The lowest BCUT2D eigenvalue weighted by Gasteiger charge is -2.24. The van der Waals surface area contributed by atoms with Crippen molar-refractivity contribution in [3.63, 3.8) is 0 Å². The van der Waals surface area contributed by atoms with Gasteiger partial charge in [0.2, 0.25) is 5.91 Å². The summed E-state index contributed by atoms with van der Waals surface area (Å²) in [4.78, 5) is 37.0. The molecule has 1 aliphatic carbocycles. The Morgan fingerprint density at radius 3 is 2.17 bits per heavy atom. The predicted molar refractivity (Wildman–Crippen MR) is 133 cm³/mol. The van der Waals surface area contributed by atoms with Gasteiger partial charge in [0.25, 0.3) is 0 Å². The Labute approximate surface area is 204 Å². The van der Waals surface area contributed by atoms with Crippen LogP contribution in [0.4, 0.5) is 10.5 Å². The molecular formula is C28H28N2O5. The van der Waals surface area contributed by atoms with E-state index in [2.05, 4.69) is 22.8 Å². The first kappa shape index (κ1) is 24.0. The number of rotatable bonds is 8. The molecule has 7 heteroatoms. The quantitative estimate of drug-likeness (QED) is 0.414. The van der Waals surface area contributed by atoms with Crippen molar-refractivity contribution in [1.82, 2.24) is 5.32 Å². The molecule has 2 atom stereocenters. The van der Waals surface area contributed by atoms with Crippen LogP contribution in [0.2, 0.25) is 0 Å². The third-order valence-corrected chi connectivity index (χ3v) is 6.49. The largest absolute Gasteiger partial charge is 0.478 e. The third kappa shape index (κ3) is 5.19. The molecule has 1 aliphatic rings. The van der Waals surface area contributed by atoms with Crippen molar-refractivity contribution in [2.24, 2.45) is 5.92 Å². The smallest absolute Gasteiger partial charge is 0.407 e.